The van der Waals surface area contributed by atoms with Gasteiger partial charge in [0.15, 0.2) is 0 Å². The van der Waals surface area contributed by atoms with Crippen LogP contribution in [0, 0.1) is 0 Å². The molecule has 0 saturated heterocycles. The van der Waals surface area contributed by atoms with E-state index in [1.807, 2.05) is 0 Å². The van der Waals surface area contributed by atoms with Crippen molar-refractivity contribution in [2.75, 3.05) is 4.83 Å². The molecule has 0 atom stereocenters. The number of carbonyl (C=O) groups is 1. The van der Waals surface area contributed by atoms with Crippen molar-refractivity contribution < 1.29 is 18.3 Å². The van der Waals surface area contributed by atoms with Crippen LogP contribution in [-0.4, -0.2) is 34.4 Å². The Morgan fingerprint density at radius 1 is 1.32 bits per heavy atom. The lowest BCUT2D eigenvalue weighted by molar-refractivity contribution is 0.0696. The largest absolute Gasteiger partial charge is 0.478 e. The van der Waals surface area contributed by atoms with E-state index in [9.17, 15) is 13.2 Å². The number of carboxylic acids is 1. The first-order valence-electron chi connectivity index (χ1n) is 4.80. The van der Waals surface area contributed by atoms with E-state index in [-0.39, 0.29) is 15.5 Å². The fraction of sp³-hybridized carbons (Fsp3) is 0. The average molecular weight is 303 g/mol. The standard InChI is InChI=1S/C9H7ClN4O4S/c10-7-2-1-6(9(15)16)3-8(7)19(17,18)13-14-4-11-12-5-14/h1-5,13H,(H,15,16). The van der Waals surface area contributed by atoms with Crippen LogP contribution in [0.15, 0.2) is 35.7 Å². The molecule has 1 aromatic heterocycles. The van der Waals surface area contributed by atoms with E-state index in [0.717, 1.165) is 23.4 Å². The van der Waals surface area contributed by atoms with E-state index < -0.39 is 16.0 Å². The average Bonchev–Trinajstić information content (AvgIpc) is 2.81. The predicted molar refractivity (Wildman–Crippen MR) is 65.0 cm³/mol. The van der Waals surface area contributed by atoms with Gasteiger partial charge in [-0.05, 0) is 18.2 Å². The zero-order chi connectivity index (χ0) is 14.0. The van der Waals surface area contributed by atoms with E-state index in [0.29, 0.717) is 0 Å². The summed E-state index contributed by atoms with van der Waals surface area (Å²) in [7, 11) is -4.03. The summed E-state index contributed by atoms with van der Waals surface area (Å²) in [5.74, 6) is -1.25. The van der Waals surface area contributed by atoms with Crippen molar-refractivity contribution in [3.8, 4) is 0 Å². The van der Waals surface area contributed by atoms with Gasteiger partial charge in [-0.25, -0.2) is 14.3 Å². The highest BCUT2D eigenvalue weighted by Crippen LogP contribution is 2.23. The molecule has 0 aliphatic rings. The SMILES string of the molecule is O=C(O)c1ccc(Cl)c(S(=O)(=O)Nn2cnnc2)c1. The summed E-state index contributed by atoms with van der Waals surface area (Å²) in [5, 5.41) is 15.6. The van der Waals surface area contributed by atoms with Gasteiger partial charge >= 0.3 is 5.97 Å². The van der Waals surface area contributed by atoms with Crippen LogP contribution in [0.25, 0.3) is 0 Å². The monoisotopic (exact) mass is 302 g/mol. The number of halogens is 1. The Labute approximate surface area is 112 Å². The molecule has 0 radical (unpaired) electrons. The number of hydrogen-bond donors (Lipinski definition) is 2. The molecule has 19 heavy (non-hydrogen) atoms. The van der Waals surface area contributed by atoms with E-state index in [1.54, 1.807) is 0 Å². The molecule has 0 fully saturated rings. The van der Waals surface area contributed by atoms with E-state index in [4.69, 9.17) is 16.7 Å². The van der Waals surface area contributed by atoms with Gasteiger partial charge in [0.05, 0.1) is 10.6 Å². The number of benzene rings is 1. The number of nitrogens with zero attached hydrogens (tertiary/aromatic N) is 3. The molecule has 0 aliphatic carbocycles. The number of aromatic nitrogens is 3. The fourth-order valence-corrected chi connectivity index (χ4v) is 2.78. The second kappa shape index (κ2) is 4.86. The van der Waals surface area contributed by atoms with E-state index in [1.165, 1.54) is 12.1 Å². The Morgan fingerprint density at radius 2 is 1.95 bits per heavy atom. The number of hydrogen-bond acceptors (Lipinski definition) is 5. The molecule has 2 rings (SSSR count). The van der Waals surface area contributed by atoms with Crippen molar-refractivity contribution >= 4 is 27.6 Å². The summed E-state index contributed by atoms with van der Waals surface area (Å²) in [6.45, 7) is 0. The molecule has 0 amide bonds. The van der Waals surface area contributed by atoms with Gasteiger partial charge in [-0.2, -0.15) is 8.42 Å². The molecular weight excluding hydrogens is 296 g/mol. The molecule has 1 aromatic carbocycles. The van der Waals surface area contributed by atoms with Crippen molar-refractivity contribution in [2.45, 2.75) is 4.90 Å². The van der Waals surface area contributed by atoms with Gasteiger partial charge in [0.1, 0.15) is 17.6 Å². The summed E-state index contributed by atoms with van der Waals surface area (Å²) in [5.41, 5.74) is -0.187. The quantitative estimate of drug-likeness (QED) is 0.853. The maximum atomic E-state index is 12.0. The number of aromatic carboxylic acids is 1. The van der Waals surface area contributed by atoms with Crippen LogP contribution < -0.4 is 4.83 Å². The zero-order valence-electron chi connectivity index (χ0n) is 9.19. The van der Waals surface area contributed by atoms with Crippen molar-refractivity contribution in [1.29, 1.82) is 0 Å². The van der Waals surface area contributed by atoms with Gasteiger partial charge in [-0.1, -0.05) is 11.6 Å². The molecular formula is C9H7ClN4O4S. The van der Waals surface area contributed by atoms with Crippen LogP contribution in [0.2, 0.25) is 5.02 Å². The summed E-state index contributed by atoms with van der Waals surface area (Å²) < 4.78 is 25.1. The van der Waals surface area contributed by atoms with Crippen molar-refractivity contribution in [1.82, 2.24) is 14.9 Å². The van der Waals surface area contributed by atoms with Gasteiger partial charge in [0.2, 0.25) is 0 Å². The van der Waals surface area contributed by atoms with Gasteiger partial charge < -0.3 is 5.11 Å². The number of carboxylic acid groups (broad SMARTS) is 1. The van der Waals surface area contributed by atoms with Gasteiger partial charge in [-0.3, -0.25) is 0 Å². The Morgan fingerprint density at radius 3 is 2.53 bits per heavy atom. The maximum Gasteiger partial charge on any atom is 0.335 e. The third-order valence-corrected chi connectivity index (χ3v) is 3.92. The highest BCUT2D eigenvalue weighted by Gasteiger charge is 2.20. The minimum Gasteiger partial charge on any atom is -0.478 e. The van der Waals surface area contributed by atoms with Crippen molar-refractivity contribution in [2.24, 2.45) is 0 Å². The Kier molecular flexibility index (Phi) is 3.40. The molecule has 0 spiro atoms. The van der Waals surface area contributed by atoms with Crippen LogP contribution >= 0.6 is 11.6 Å². The van der Waals surface area contributed by atoms with Gasteiger partial charge in [0.25, 0.3) is 10.0 Å². The molecule has 0 unspecified atom stereocenters. The first-order valence-corrected chi connectivity index (χ1v) is 6.66. The summed E-state index contributed by atoms with van der Waals surface area (Å²) in [6.07, 6.45) is 2.26. The molecule has 0 aliphatic heterocycles. The first kappa shape index (κ1) is 13.3. The lowest BCUT2D eigenvalue weighted by Gasteiger charge is -2.09. The van der Waals surface area contributed by atoms with Crippen LogP contribution in [-0.2, 0) is 10.0 Å². The molecule has 0 saturated carbocycles. The van der Waals surface area contributed by atoms with Crippen LogP contribution in [0.5, 0.6) is 0 Å². The van der Waals surface area contributed by atoms with Gasteiger partial charge in [-0.15, -0.1) is 10.2 Å². The Hall–Kier alpha value is -2.13. The predicted octanol–water partition coefficient (Wildman–Crippen LogP) is 0.562. The molecule has 8 nitrogen and oxygen atoms in total. The summed E-state index contributed by atoms with van der Waals surface area (Å²) in [4.78, 5) is 12.6. The zero-order valence-corrected chi connectivity index (χ0v) is 10.8. The summed E-state index contributed by atoms with van der Waals surface area (Å²) in [6, 6.07) is 3.38. The van der Waals surface area contributed by atoms with E-state index >= 15 is 0 Å². The first-order chi connectivity index (χ1) is 8.90. The molecule has 0 bridgehead atoms. The number of rotatable bonds is 4. The van der Waals surface area contributed by atoms with Crippen LogP contribution in [0.3, 0.4) is 0 Å². The minimum atomic E-state index is -4.03. The maximum absolute atomic E-state index is 12.0. The third-order valence-electron chi connectivity index (χ3n) is 2.11. The number of nitrogens with one attached hydrogen (secondary N) is 1. The highest BCUT2D eigenvalue weighted by atomic mass is 35.5. The van der Waals surface area contributed by atoms with Crippen molar-refractivity contribution in [3.63, 3.8) is 0 Å². The molecule has 2 aromatic rings. The lowest BCUT2D eigenvalue weighted by Crippen LogP contribution is -2.22. The lowest BCUT2D eigenvalue weighted by atomic mass is 10.2. The van der Waals surface area contributed by atoms with Crippen molar-refractivity contribution in [3.05, 3.63) is 41.4 Å². The smallest absolute Gasteiger partial charge is 0.335 e. The number of sulfonamides is 1. The van der Waals surface area contributed by atoms with E-state index in [2.05, 4.69) is 15.0 Å². The second-order valence-corrected chi connectivity index (χ2v) is 5.45. The Bertz CT molecular complexity index is 714. The highest BCUT2D eigenvalue weighted by molar-refractivity contribution is 7.92. The minimum absolute atomic E-state index is 0.0921. The third kappa shape index (κ3) is 2.83. The molecule has 1 heterocycles. The van der Waals surface area contributed by atoms with Gasteiger partial charge in [0, 0.05) is 0 Å². The second-order valence-electron chi connectivity index (χ2n) is 3.41. The fourth-order valence-electron chi connectivity index (χ4n) is 1.28. The summed E-state index contributed by atoms with van der Waals surface area (Å²) >= 11 is 5.77. The van der Waals surface area contributed by atoms with Crippen LogP contribution in [0.4, 0.5) is 0 Å². The Balaban J connectivity index is 2.45. The normalized spacial score (nSPS) is 11.2. The molecule has 10 heteroatoms. The van der Waals surface area contributed by atoms with Crippen LogP contribution in [0.1, 0.15) is 10.4 Å². The topological polar surface area (TPSA) is 114 Å². The molecule has 100 valence electrons. The molecule has 2 N–H and O–H groups in total.